The maximum Gasteiger partial charge on any atom is 0.323 e. The van der Waals surface area contributed by atoms with Crippen LogP contribution in [0, 0.1) is 0 Å². The van der Waals surface area contributed by atoms with Crippen molar-refractivity contribution in [3.05, 3.63) is 0 Å². The molecule has 1 aliphatic rings. The quantitative estimate of drug-likeness (QED) is 0.451. The number of aliphatic carboxylic acids is 1. The molecule has 1 saturated heterocycles. The molecule has 0 aliphatic carbocycles. The van der Waals surface area contributed by atoms with Gasteiger partial charge in [0.05, 0.1) is 6.10 Å². The number of rotatable bonds is 1. The van der Waals surface area contributed by atoms with Crippen molar-refractivity contribution in [3.63, 3.8) is 0 Å². The molecule has 0 saturated carbocycles. The van der Waals surface area contributed by atoms with Crippen molar-refractivity contribution in [2.45, 2.75) is 25.0 Å². The van der Waals surface area contributed by atoms with Crippen molar-refractivity contribution in [3.8, 4) is 0 Å². The predicted molar refractivity (Wildman–Crippen MR) is 34.7 cm³/mol. The van der Waals surface area contributed by atoms with Crippen LogP contribution in [0.3, 0.4) is 0 Å². The number of aliphatic hydroxyl groups excluding tert-OH is 1. The Labute approximate surface area is 58.9 Å². The fourth-order valence-corrected chi connectivity index (χ4v) is 1.12. The number of hydrogen-bond donors (Lipinski definition) is 3. The molecule has 58 valence electrons. The highest BCUT2D eigenvalue weighted by Crippen LogP contribution is 2.07. The highest BCUT2D eigenvalue weighted by molar-refractivity contribution is 5.74. The minimum absolute atomic E-state index is 0.587. The molecule has 1 unspecified atom stereocenters. The monoisotopic (exact) mass is 145 g/mol. The summed E-state index contributed by atoms with van der Waals surface area (Å²) in [6.45, 7) is 0.689. The van der Waals surface area contributed by atoms with Crippen molar-refractivity contribution in [1.82, 2.24) is 5.32 Å². The lowest BCUT2D eigenvalue weighted by Gasteiger charge is -2.24. The highest BCUT2D eigenvalue weighted by Gasteiger charge is 2.28. The molecule has 10 heavy (non-hydrogen) atoms. The van der Waals surface area contributed by atoms with Crippen LogP contribution in [0.15, 0.2) is 0 Å². The van der Waals surface area contributed by atoms with Gasteiger partial charge in [0.25, 0.3) is 0 Å². The van der Waals surface area contributed by atoms with Crippen LogP contribution in [0.4, 0.5) is 0 Å². The number of carboxylic acids is 1. The smallest absolute Gasteiger partial charge is 0.323 e. The van der Waals surface area contributed by atoms with Crippen molar-refractivity contribution in [2.24, 2.45) is 0 Å². The van der Waals surface area contributed by atoms with Crippen LogP contribution in [0.2, 0.25) is 0 Å². The van der Waals surface area contributed by atoms with Crippen LogP contribution in [-0.2, 0) is 4.79 Å². The molecule has 1 heterocycles. The van der Waals surface area contributed by atoms with Gasteiger partial charge in [-0.3, -0.25) is 4.79 Å². The van der Waals surface area contributed by atoms with Crippen molar-refractivity contribution < 1.29 is 15.0 Å². The zero-order chi connectivity index (χ0) is 7.56. The van der Waals surface area contributed by atoms with Crippen LogP contribution in [0.5, 0.6) is 0 Å². The maximum absolute atomic E-state index is 10.3. The standard InChI is InChI=1S/C6H11NO3/c8-4-2-1-3-7-5(4)6(9)10/h4-5,7-8H,1-3H2,(H,9,10)/t4?,5-/m1/s1. The molecule has 3 N–H and O–H groups in total. The molecule has 0 radical (unpaired) electrons. The molecule has 4 nitrogen and oxygen atoms in total. The van der Waals surface area contributed by atoms with Crippen molar-refractivity contribution in [1.29, 1.82) is 0 Å². The summed E-state index contributed by atoms with van der Waals surface area (Å²) < 4.78 is 0. The fourth-order valence-electron chi connectivity index (χ4n) is 1.12. The van der Waals surface area contributed by atoms with E-state index in [1.165, 1.54) is 0 Å². The first-order valence-corrected chi connectivity index (χ1v) is 3.36. The van der Waals surface area contributed by atoms with Gasteiger partial charge in [0, 0.05) is 0 Å². The number of piperidine rings is 1. The average molecular weight is 145 g/mol. The summed E-state index contributed by atoms with van der Waals surface area (Å²) in [5, 5.41) is 20.3. The Morgan fingerprint density at radius 2 is 2.30 bits per heavy atom. The van der Waals surface area contributed by atoms with E-state index in [1.54, 1.807) is 0 Å². The first-order chi connectivity index (χ1) is 4.72. The Morgan fingerprint density at radius 3 is 2.70 bits per heavy atom. The predicted octanol–water partition coefficient (Wildman–Crippen LogP) is -0.816. The Morgan fingerprint density at radius 1 is 1.60 bits per heavy atom. The SMILES string of the molecule is O=C(O)[C@@H]1NCCCC1O. The molecule has 1 rings (SSSR count). The van der Waals surface area contributed by atoms with E-state index >= 15 is 0 Å². The van der Waals surface area contributed by atoms with Crippen LogP contribution >= 0.6 is 0 Å². The summed E-state index contributed by atoms with van der Waals surface area (Å²) in [5.74, 6) is -0.966. The van der Waals surface area contributed by atoms with E-state index in [0.29, 0.717) is 13.0 Å². The number of carboxylic acid groups (broad SMARTS) is 1. The lowest BCUT2D eigenvalue weighted by atomic mass is 10.0. The van der Waals surface area contributed by atoms with Gasteiger partial charge >= 0.3 is 5.97 Å². The molecule has 0 amide bonds. The molecular formula is C6H11NO3. The van der Waals surface area contributed by atoms with Crippen molar-refractivity contribution >= 4 is 5.97 Å². The van der Waals surface area contributed by atoms with E-state index in [9.17, 15) is 4.79 Å². The van der Waals surface area contributed by atoms with Gasteiger partial charge in [-0.05, 0) is 19.4 Å². The Bertz CT molecular complexity index is 137. The van der Waals surface area contributed by atoms with E-state index in [4.69, 9.17) is 10.2 Å². The van der Waals surface area contributed by atoms with E-state index in [1.807, 2.05) is 0 Å². The van der Waals surface area contributed by atoms with Gasteiger partial charge < -0.3 is 15.5 Å². The number of nitrogens with one attached hydrogen (secondary N) is 1. The fraction of sp³-hybridized carbons (Fsp3) is 0.833. The second-order valence-electron chi connectivity index (χ2n) is 2.48. The lowest BCUT2D eigenvalue weighted by Crippen LogP contribution is -2.49. The summed E-state index contributed by atoms with van der Waals surface area (Å²) in [6.07, 6.45) is 0.723. The Hall–Kier alpha value is -0.610. The number of carbonyl (C=O) groups is 1. The topological polar surface area (TPSA) is 69.6 Å². The summed E-state index contributed by atoms with van der Waals surface area (Å²) in [7, 11) is 0. The zero-order valence-electron chi connectivity index (χ0n) is 5.58. The van der Waals surface area contributed by atoms with Gasteiger partial charge in [0.1, 0.15) is 6.04 Å². The van der Waals surface area contributed by atoms with E-state index in [2.05, 4.69) is 5.32 Å². The van der Waals surface area contributed by atoms with Gasteiger partial charge in [-0.1, -0.05) is 0 Å². The Kier molecular flexibility index (Phi) is 2.24. The summed E-state index contributed by atoms with van der Waals surface area (Å²) in [4.78, 5) is 10.3. The molecular weight excluding hydrogens is 134 g/mol. The normalized spacial score (nSPS) is 33.7. The average Bonchev–Trinajstić information content (AvgIpc) is 1.88. The van der Waals surface area contributed by atoms with Gasteiger partial charge in [-0.15, -0.1) is 0 Å². The van der Waals surface area contributed by atoms with Crippen LogP contribution in [-0.4, -0.2) is 34.9 Å². The maximum atomic E-state index is 10.3. The third kappa shape index (κ3) is 1.46. The second kappa shape index (κ2) is 2.98. The Balaban J connectivity index is 2.47. The molecule has 1 aliphatic heterocycles. The highest BCUT2D eigenvalue weighted by atomic mass is 16.4. The summed E-state index contributed by atoms with van der Waals surface area (Å²) in [6, 6.07) is -0.756. The van der Waals surface area contributed by atoms with E-state index < -0.39 is 18.1 Å². The number of hydrogen-bond acceptors (Lipinski definition) is 3. The minimum atomic E-state index is -0.966. The lowest BCUT2D eigenvalue weighted by molar-refractivity contribution is -0.143. The molecule has 2 atom stereocenters. The van der Waals surface area contributed by atoms with E-state index in [0.717, 1.165) is 6.42 Å². The minimum Gasteiger partial charge on any atom is -0.480 e. The molecule has 0 aromatic heterocycles. The first-order valence-electron chi connectivity index (χ1n) is 3.36. The molecule has 0 aromatic rings. The number of aliphatic hydroxyl groups is 1. The van der Waals surface area contributed by atoms with Gasteiger partial charge in [0.2, 0.25) is 0 Å². The van der Waals surface area contributed by atoms with Gasteiger partial charge in [-0.2, -0.15) is 0 Å². The van der Waals surface area contributed by atoms with Gasteiger partial charge in [0.15, 0.2) is 0 Å². The van der Waals surface area contributed by atoms with E-state index in [-0.39, 0.29) is 0 Å². The molecule has 0 aromatic carbocycles. The second-order valence-corrected chi connectivity index (χ2v) is 2.48. The third-order valence-corrected chi connectivity index (χ3v) is 1.69. The van der Waals surface area contributed by atoms with Crippen LogP contribution in [0.1, 0.15) is 12.8 Å². The van der Waals surface area contributed by atoms with Gasteiger partial charge in [-0.25, -0.2) is 0 Å². The van der Waals surface area contributed by atoms with Crippen molar-refractivity contribution in [2.75, 3.05) is 6.54 Å². The molecule has 0 bridgehead atoms. The van der Waals surface area contributed by atoms with Crippen LogP contribution in [0.25, 0.3) is 0 Å². The van der Waals surface area contributed by atoms with Crippen LogP contribution < -0.4 is 5.32 Å². The summed E-state index contributed by atoms with van der Waals surface area (Å²) >= 11 is 0. The first kappa shape index (κ1) is 7.50. The molecule has 1 fully saturated rings. The molecule has 0 spiro atoms. The molecule has 4 heteroatoms. The summed E-state index contributed by atoms with van der Waals surface area (Å²) in [5.41, 5.74) is 0. The zero-order valence-corrected chi connectivity index (χ0v) is 5.58. The largest absolute Gasteiger partial charge is 0.480 e. The third-order valence-electron chi connectivity index (χ3n) is 1.69.